The molecule has 6 heteroatoms. The molecular weight excluding hydrogens is 242 g/mol. The van der Waals surface area contributed by atoms with Crippen molar-refractivity contribution < 1.29 is 4.52 Å². The monoisotopic (exact) mass is 265 g/mol. The number of aromatic nitrogens is 2. The van der Waals surface area contributed by atoms with Gasteiger partial charge in [-0.25, -0.2) is 0 Å². The van der Waals surface area contributed by atoms with Crippen LogP contribution in [-0.4, -0.2) is 66.8 Å². The summed E-state index contributed by atoms with van der Waals surface area (Å²) in [5.41, 5.74) is 0. The Labute approximate surface area is 114 Å². The molecule has 0 bridgehead atoms. The van der Waals surface area contributed by atoms with Gasteiger partial charge in [-0.05, 0) is 26.6 Å². The maximum Gasteiger partial charge on any atom is 0.231 e. The zero-order valence-electron chi connectivity index (χ0n) is 12.0. The molecule has 3 unspecified atom stereocenters. The number of hydrogen-bond acceptors (Lipinski definition) is 6. The van der Waals surface area contributed by atoms with Gasteiger partial charge < -0.3 is 14.7 Å². The molecule has 2 aliphatic heterocycles. The molecular formula is C13H23N5O. The summed E-state index contributed by atoms with van der Waals surface area (Å²) in [6, 6.07) is 0.251. The Balaban J connectivity index is 1.76. The molecule has 19 heavy (non-hydrogen) atoms. The first-order valence-corrected chi connectivity index (χ1v) is 7.08. The third kappa shape index (κ3) is 2.52. The Kier molecular flexibility index (Phi) is 3.56. The van der Waals surface area contributed by atoms with Crippen LogP contribution >= 0.6 is 0 Å². The minimum absolute atomic E-state index is 0.251. The third-order valence-electron chi connectivity index (χ3n) is 4.44. The number of likely N-dealkylation sites (N-methyl/N-ethyl adjacent to an activating group) is 2. The summed E-state index contributed by atoms with van der Waals surface area (Å²) < 4.78 is 5.51. The maximum atomic E-state index is 5.51. The van der Waals surface area contributed by atoms with E-state index in [0.29, 0.717) is 11.8 Å². The summed E-state index contributed by atoms with van der Waals surface area (Å²) in [6.45, 7) is 7.33. The predicted molar refractivity (Wildman–Crippen MR) is 71.9 cm³/mol. The van der Waals surface area contributed by atoms with E-state index >= 15 is 0 Å². The molecule has 0 spiro atoms. The molecule has 1 N–H and O–H groups in total. The summed E-state index contributed by atoms with van der Waals surface area (Å²) >= 11 is 0. The van der Waals surface area contributed by atoms with Crippen LogP contribution in [0.15, 0.2) is 4.52 Å². The second-order valence-electron chi connectivity index (χ2n) is 5.99. The van der Waals surface area contributed by atoms with Gasteiger partial charge in [-0.2, -0.15) is 4.98 Å². The van der Waals surface area contributed by atoms with Crippen molar-refractivity contribution >= 4 is 0 Å². The Hall–Kier alpha value is -0.980. The molecule has 2 fully saturated rings. The van der Waals surface area contributed by atoms with Gasteiger partial charge in [0.15, 0.2) is 5.82 Å². The molecule has 3 rings (SSSR count). The van der Waals surface area contributed by atoms with Gasteiger partial charge in [-0.1, -0.05) is 12.1 Å². The molecule has 6 nitrogen and oxygen atoms in total. The lowest BCUT2D eigenvalue weighted by Gasteiger charge is -2.35. The number of nitrogens with one attached hydrogen (secondary N) is 1. The highest BCUT2D eigenvalue weighted by Gasteiger charge is 2.32. The van der Waals surface area contributed by atoms with E-state index < -0.39 is 0 Å². The largest absolute Gasteiger partial charge is 0.339 e. The number of piperazine rings is 1. The quantitative estimate of drug-likeness (QED) is 0.830. The van der Waals surface area contributed by atoms with Gasteiger partial charge in [0.05, 0.1) is 12.0 Å². The van der Waals surface area contributed by atoms with Crippen LogP contribution in [0.3, 0.4) is 0 Å². The average Bonchev–Trinajstić information content (AvgIpc) is 3.00. The highest BCUT2D eigenvalue weighted by molar-refractivity contribution is 5.04. The molecule has 2 aliphatic rings. The van der Waals surface area contributed by atoms with Crippen LogP contribution in [0.2, 0.25) is 0 Å². The van der Waals surface area contributed by atoms with E-state index in [1.54, 1.807) is 0 Å². The van der Waals surface area contributed by atoms with Crippen LogP contribution in [0.1, 0.15) is 30.6 Å². The van der Waals surface area contributed by atoms with Crippen molar-refractivity contribution in [3.63, 3.8) is 0 Å². The Morgan fingerprint density at radius 2 is 2.11 bits per heavy atom. The Bertz CT molecular complexity index is 434. The predicted octanol–water partition coefficient (Wildman–Crippen LogP) is 0.311. The van der Waals surface area contributed by atoms with Crippen molar-refractivity contribution in [1.82, 2.24) is 25.3 Å². The molecule has 1 aromatic heterocycles. The van der Waals surface area contributed by atoms with E-state index in [1.807, 2.05) is 0 Å². The van der Waals surface area contributed by atoms with E-state index in [2.05, 4.69) is 46.3 Å². The fourth-order valence-electron chi connectivity index (χ4n) is 2.96. The van der Waals surface area contributed by atoms with Gasteiger partial charge in [-0.15, -0.1) is 0 Å². The molecule has 0 aliphatic carbocycles. The smallest absolute Gasteiger partial charge is 0.231 e. The van der Waals surface area contributed by atoms with Crippen LogP contribution in [0.4, 0.5) is 0 Å². The maximum absolute atomic E-state index is 5.51. The van der Waals surface area contributed by atoms with Gasteiger partial charge in [-0.3, -0.25) is 4.90 Å². The molecule has 3 atom stereocenters. The number of rotatable bonds is 2. The fraction of sp³-hybridized carbons (Fsp3) is 0.846. The van der Waals surface area contributed by atoms with Crippen LogP contribution in [0.25, 0.3) is 0 Å². The van der Waals surface area contributed by atoms with Crippen molar-refractivity contribution in [3.8, 4) is 0 Å². The van der Waals surface area contributed by atoms with Gasteiger partial charge in [0.1, 0.15) is 0 Å². The van der Waals surface area contributed by atoms with Crippen LogP contribution in [-0.2, 0) is 0 Å². The van der Waals surface area contributed by atoms with Crippen LogP contribution in [0, 0.1) is 5.92 Å². The second kappa shape index (κ2) is 5.19. The molecule has 2 saturated heterocycles. The molecule has 0 aromatic carbocycles. The zero-order chi connectivity index (χ0) is 13.4. The molecule has 0 amide bonds. The lowest BCUT2D eigenvalue weighted by molar-refractivity contribution is 0.108. The average molecular weight is 265 g/mol. The normalized spacial score (nSPS) is 33.9. The van der Waals surface area contributed by atoms with Gasteiger partial charge in [0.25, 0.3) is 0 Å². The first-order valence-electron chi connectivity index (χ1n) is 7.08. The van der Waals surface area contributed by atoms with E-state index in [-0.39, 0.29) is 6.04 Å². The van der Waals surface area contributed by atoms with Crippen LogP contribution in [0.5, 0.6) is 0 Å². The number of hydrogen-bond donors (Lipinski definition) is 1. The lowest BCUT2D eigenvalue weighted by Crippen LogP contribution is -2.45. The highest BCUT2D eigenvalue weighted by Crippen LogP contribution is 2.28. The minimum atomic E-state index is 0.251. The summed E-state index contributed by atoms with van der Waals surface area (Å²) in [4.78, 5) is 9.30. The van der Waals surface area contributed by atoms with Crippen molar-refractivity contribution in [2.75, 3.05) is 46.8 Å². The zero-order valence-corrected chi connectivity index (χ0v) is 12.0. The summed E-state index contributed by atoms with van der Waals surface area (Å²) in [5.74, 6) is 2.57. The van der Waals surface area contributed by atoms with Crippen molar-refractivity contribution in [1.29, 1.82) is 0 Å². The van der Waals surface area contributed by atoms with Gasteiger partial charge in [0.2, 0.25) is 5.89 Å². The minimum Gasteiger partial charge on any atom is -0.339 e. The topological polar surface area (TPSA) is 57.4 Å². The second-order valence-corrected chi connectivity index (χ2v) is 5.99. The molecule has 106 valence electrons. The third-order valence-corrected chi connectivity index (χ3v) is 4.44. The fourth-order valence-corrected chi connectivity index (χ4v) is 2.96. The van der Waals surface area contributed by atoms with E-state index in [0.717, 1.165) is 44.4 Å². The molecule has 0 saturated carbocycles. The van der Waals surface area contributed by atoms with Crippen LogP contribution < -0.4 is 5.32 Å². The van der Waals surface area contributed by atoms with Gasteiger partial charge in [0, 0.05) is 26.2 Å². The highest BCUT2D eigenvalue weighted by atomic mass is 16.5. The van der Waals surface area contributed by atoms with Gasteiger partial charge >= 0.3 is 0 Å². The first-order chi connectivity index (χ1) is 9.15. The van der Waals surface area contributed by atoms with Crippen molar-refractivity contribution in [2.24, 2.45) is 5.92 Å². The summed E-state index contributed by atoms with van der Waals surface area (Å²) in [6.07, 6.45) is 0. The van der Waals surface area contributed by atoms with E-state index in [9.17, 15) is 0 Å². The van der Waals surface area contributed by atoms with Crippen molar-refractivity contribution in [2.45, 2.75) is 18.9 Å². The number of nitrogens with zero attached hydrogens (tertiary/aromatic N) is 4. The Morgan fingerprint density at radius 3 is 2.84 bits per heavy atom. The SMILES string of the molecule is CC1CNCC1c1nc(C2CN(C)CCN2C)no1. The van der Waals surface area contributed by atoms with E-state index in [1.165, 1.54) is 0 Å². The first kappa shape index (κ1) is 13.0. The molecule has 1 aromatic rings. The standard InChI is InChI=1S/C13H23N5O/c1-9-6-14-7-10(9)13-15-12(16-19-13)11-8-17(2)4-5-18(11)3/h9-11,14H,4-8H2,1-3H3. The Morgan fingerprint density at radius 1 is 1.26 bits per heavy atom. The lowest BCUT2D eigenvalue weighted by atomic mass is 9.98. The van der Waals surface area contributed by atoms with Crippen molar-refractivity contribution in [3.05, 3.63) is 11.7 Å². The van der Waals surface area contributed by atoms with E-state index in [4.69, 9.17) is 4.52 Å². The molecule has 0 radical (unpaired) electrons. The molecule has 3 heterocycles. The summed E-state index contributed by atoms with van der Waals surface area (Å²) in [7, 11) is 4.28. The summed E-state index contributed by atoms with van der Waals surface area (Å²) in [5, 5.41) is 7.60.